The molecule has 1 aromatic heterocycles. The third-order valence-electron chi connectivity index (χ3n) is 2.00. The molecule has 1 aliphatic heterocycles. The van der Waals surface area contributed by atoms with Gasteiger partial charge in [-0.15, -0.1) is 11.8 Å². The molecule has 4 heteroatoms. The average molecular weight is 236 g/mol. The van der Waals surface area contributed by atoms with Gasteiger partial charge in [0.15, 0.2) is 0 Å². The molecule has 2 nitrogen and oxygen atoms in total. The molecule has 1 aliphatic rings. The Morgan fingerprint density at radius 3 is 2.73 bits per heavy atom. The van der Waals surface area contributed by atoms with Crippen molar-refractivity contribution in [2.45, 2.75) is 6.42 Å². The quantitative estimate of drug-likeness (QED) is 0.597. The standard InChI is InChI=1S/C11H8O2S2/c12-10(8-2-1-4-14-6-8)11(13)9-3-5-15-7-9/h1,3-7H,2H2. The van der Waals surface area contributed by atoms with E-state index < -0.39 is 5.78 Å². The maximum Gasteiger partial charge on any atom is 0.234 e. The number of thioether (sulfide) groups is 1. The Balaban J connectivity index is 2.15. The number of carbonyl (C=O) groups excluding carboxylic acids is 2. The molecule has 0 saturated heterocycles. The van der Waals surface area contributed by atoms with E-state index in [1.807, 2.05) is 11.5 Å². The first-order valence-electron chi connectivity index (χ1n) is 4.40. The van der Waals surface area contributed by atoms with Crippen LogP contribution in [0.5, 0.6) is 0 Å². The van der Waals surface area contributed by atoms with Gasteiger partial charge in [-0.3, -0.25) is 9.59 Å². The van der Waals surface area contributed by atoms with Gasteiger partial charge >= 0.3 is 0 Å². The highest BCUT2D eigenvalue weighted by atomic mass is 32.2. The van der Waals surface area contributed by atoms with Gasteiger partial charge < -0.3 is 0 Å². The van der Waals surface area contributed by atoms with Gasteiger partial charge in [0.1, 0.15) is 0 Å². The molecule has 76 valence electrons. The third-order valence-corrected chi connectivity index (χ3v) is 3.46. The van der Waals surface area contributed by atoms with Gasteiger partial charge in [0.2, 0.25) is 11.6 Å². The summed E-state index contributed by atoms with van der Waals surface area (Å²) in [7, 11) is 0. The Bertz CT molecular complexity index is 441. The molecule has 0 spiro atoms. The molecule has 0 atom stereocenters. The van der Waals surface area contributed by atoms with Gasteiger partial charge in [0.05, 0.1) is 0 Å². The topological polar surface area (TPSA) is 34.1 Å². The predicted octanol–water partition coefficient (Wildman–Crippen LogP) is 3.03. The Hall–Kier alpha value is -1.13. The Kier molecular flexibility index (Phi) is 3.18. The smallest absolute Gasteiger partial charge is 0.234 e. The molecule has 0 radical (unpaired) electrons. The molecule has 2 rings (SSSR count). The van der Waals surface area contributed by atoms with Crippen molar-refractivity contribution in [3.63, 3.8) is 0 Å². The molecule has 0 unspecified atom stereocenters. The SMILES string of the molecule is O=C(C(=O)c1ccsc1)C1=CSC=CC1. The van der Waals surface area contributed by atoms with Gasteiger partial charge in [0.25, 0.3) is 0 Å². The summed E-state index contributed by atoms with van der Waals surface area (Å²) in [4.78, 5) is 23.4. The summed E-state index contributed by atoms with van der Waals surface area (Å²) in [6, 6.07) is 1.68. The Morgan fingerprint density at radius 2 is 2.13 bits per heavy atom. The summed E-state index contributed by atoms with van der Waals surface area (Å²) in [6.07, 6.45) is 2.44. The number of allylic oxidation sites excluding steroid dienone is 2. The number of rotatable bonds is 3. The molecule has 0 fully saturated rings. The summed E-state index contributed by atoms with van der Waals surface area (Å²) in [5.41, 5.74) is 1.07. The number of carbonyl (C=O) groups is 2. The molecule has 0 N–H and O–H groups in total. The number of hydrogen-bond donors (Lipinski definition) is 0. The van der Waals surface area contributed by atoms with Crippen LogP contribution in [-0.4, -0.2) is 11.6 Å². The van der Waals surface area contributed by atoms with Crippen LogP contribution in [0.25, 0.3) is 0 Å². The van der Waals surface area contributed by atoms with Crippen molar-refractivity contribution in [3.05, 3.63) is 44.9 Å². The van der Waals surface area contributed by atoms with Crippen LogP contribution in [-0.2, 0) is 4.79 Å². The zero-order valence-corrected chi connectivity index (χ0v) is 9.44. The van der Waals surface area contributed by atoms with E-state index in [1.54, 1.807) is 22.2 Å². The Labute approximate surface area is 95.7 Å². The number of hydrogen-bond acceptors (Lipinski definition) is 4. The first-order valence-corrected chi connectivity index (χ1v) is 6.28. The predicted molar refractivity (Wildman–Crippen MR) is 63.1 cm³/mol. The lowest BCUT2D eigenvalue weighted by atomic mass is 10.0. The van der Waals surface area contributed by atoms with Crippen LogP contribution in [0, 0.1) is 0 Å². The second-order valence-corrected chi connectivity index (χ2v) is 4.59. The average Bonchev–Trinajstić information content (AvgIpc) is 2.82. The molecule has 0 amide bonds. The molecule has 15 heavy (non-hydrogen) atoms. The second kappa shape index (κ2) is 4.59. The van der Waals surface area contributed by atoms with Crippen LogP contribution in [0.2, 0.25) is 0 Å². The molecule has 0 aromatic carbocycles. The fourth-order valence-corrected chi connectivity index (χ4v) is 2.51. The van der Waals surface area contributed by atoms with Crippen LogP contribution >= 0.6 is 23.1 Å². The summed E-state index contributed by atoms with van der Waals surface area (Å²) in [5.74, 6) is -0.788. The van der Waals surface area contributed by atoms with Crippen molar-refractivity contribution in [1.29, 1.82) is 0 Å². The molecule has 1 aromatic rings. The second-order valence-electron chi connectivity index (χ2n) is 3.03. The van der Waals surface area contributed by atoms with E-state index in [2.05, 4.69) is 0 Å². The molecule has 0 aliphatic carbocycles. The van der Waals surface area contributed by atoms with E-state index in [-0.39, 0.29) is 5.78 Å². The molecule has 0 bridgehead atoms. The maximum absolute atomic E-state index is 11.7. The summed E-state index contributed by atoms with van der Waals surface area (Å²) < 4.78 is 0. The van der Waals surface area contributed by atoms with Crippen molar-refractivity contribution in [2.75, 3.05) is 0 Å². The molecule has 0 saturated carbocycles. The van der Waals surface area contributed by atoms with Crippen molar-refractivity contribution < 1.29 is 9.59 Å². The highest BCUT2D eigenvalue weighted by Gasteiger charge is 2.20. The first kappa shape index (κ1) is 10.4. The normalized spacial score (nSPS) is 14.8. The van der Waals surface area contributed by atoms with Crippen molar-refractivity contribution in [3.8, 4) is 0 Å². The zero-order valence-electron chi connectivity index (χ0n) is 7.80. The van der Waals surface area contributed by atoms with E-state index in [1.165, 1.54) is 23.1 Å². The van der Waals surface area contributed by atoms with E-state index in [4.69, 9.17) is 0 Å². The zero-order chi connectivity index (χ0) is 10.7. The van der Waals surface area contributed by atoms with Crippen LogP contribution in [0.4, 0.5) is 0 Å². The van der Waals surface area contributed by atoms with Gasteiger partial charge in [-0.2, -0.15) is 11.3 Å². The van der Waals surface area contributed by atoms with E-state index >= 15 is 0 Å². The van der Waals surface area contributed by atoms with Gasteiger partial charge in [0, 0.05) is 16.5 Å². The maximum atomic E-state index is 11.7. The summed E-state index contributed by atoms with van der Waals surface area (Å²) in [6.45, 7) is 0. The Morgan fingerprint density at radius 1 is 1.27 bits per heavy atom. The molecule has 2 heterocycles. The van der Waals surface area contributed by atoms with Crippen LogP contribution in [0.1, 0.15) is 16.8 Å². The minimum absolute atomic E-state index is 0.384. The van der Waals surface area contributed by atoms with E-state index in [9.17, 15) is 9.59 Å². The number of thiophene rings is 1. The number of Topliss-reactive ketones (excluding diaryl/α,β-unsaturated/α-hetero) is 2. The third kappa shape index (κ3) is 2.27. The van der Waals surface area contributed by atoms with Gasteiger partial charge in [-0.05, 0) is 28.7 Å². The fourth-order valence-electron chi connectivity index (χ4n) is 1.22. The lowest BCUT2D eigenvalue weighted by molar-refractivity contribution is -0.111. The minimum atomic E-state index is -0.404. The largest absolute Gasteiger partial charge is 0.285 e. The van der Waals surface area contributed by atoms with E-state index in [0.717, 1.165) is 0 Å². The van der Waals surface area contributed by atoms with Gasteiger partial charge in [-0.25, -0.2) is 0 Å². The van der Waals surface area contributed by atoms with Crippen molar-refractivity contribution in [1.82, 2.24) is 0 Å². The summed E-state index contributed by atoms with van der Waals surface area (Å²) in [5, 5.41) is 7.15. The number of ketones is 2. The lowest BCUT2D eigenvalue weighted by Crippen LogP contribution is -2.16. The monoisotopic (exact) mass is 236 g/mol. The molecular weight excluding hydrogens is 228 g/mol. The van der Waals surface area contributed by atoms with Crippen molar-refractivity contribution >= 4 is 34.7 Å². The minimum Gasteiger partial charge on any atom is -0.285 e. The van der Waals surface area contributed by atoms with E-state index in [0.29, 0.717) is 17.6 Å². The van der Waals surface area contributed by atoms with Gasteiger partial charge in [-0.1, -0.05) is 6.08 Å². The summed E-state index contributed by atoms with van der Waals surface area (Å²) >= 11 is 2.85. The fraction of sp³-hybridized carbons (Fsp3) is 0.0909. The molecular formula is C11H8O2S2. The highest BCUT2D eigenvalue weighted by molar-refractivity contribution is 8.05. The first-order chi connectivity index (χ1) is 7.29. The van der Waals surface area contributed by atoms with Crippen LogP contribution < -0.4 is 0 Å². The van der Waals surface area contributed by atoms with Crippen LogP contribution in [0.3, 0.4) is 0 Å². The van der Waals surface area contributed by atoms with Crippen molar-refractivity contribution in [2.24, 2.45) is 0 Å². The van der Waals surface area contributed by atoms with Crippen LogP contribution in [0.15, 0.2) is 39.3 Å². The lowest BCUT2D eigenvalue weighted by Gasteiger charge is -2.04. The highest BCUT2D eigenvalue weighted by Crippen LogP contribution is 2.21.